The fourth-order valence-electron chi connectivity index (χ4n) is 1.76. The van der Waals surface area contributed by atoms with Crippen LogP contribution in [0.4, 0.5) is 0 Å². The summed E-state index contributed by atoms with van der Waals surface area (Å²) in [7, 11) is 1.27. The van der Waals surface area contributed by atoms with Gasteiger partial charge in [-0.15, -0.1) is 11.3 Å². The molecule has 6 nitrogen and oxygen atoms in total. The number of carbonyl (C=O) groups is 1. The van der Waals surface area contributed by atoms with Crippen molar-refractivity contribution >= 4 is 44.4 Å². The minimum atomic E-state index is -1.69. The number of hydrogen-bond acceptors (Lipinski definition) is 5. The van der Waals surface area contributed by atoms with Crippen LogP contribution in [-0.2, 0) is 20.7 Å². The Balaban J connectivity index is 2.05. The average molecular weight is 307 g/mol. The maximum absolute atomic E-state index is 11.6. The molecule has 0 saturated heterocycles. The Morgan fingerprint density at radius 1 is 1.45 bits per heavy atom. The lowest BCUT2D eigenvalue weighted by atomic mass is 10.1. The molecule has 1 atom stereocenters. The number of allylic oxidation sites excluding steroid dienone is 1. The molecule has 1 aromatic heterocycles. The Kier molecular flexibility index (Phi) is 3.33. The zero-order chi connectivity index (χ0) is 14.1. The normalized spacial score (nSPS) is 18.1. The first kappa shape index (κ1) is 12.9. The highest BCUT2D eigenvalue weighted by atomic mass is 32.2. The van der Waals surface area contributed by atoms with E-state index in [0.717, 1.165) is 15.8 Å². The van der Waals surface area contributed by atoms with E-state index >= 15 is 0 Å². The third-order valence-corrected chi connectivity index (χ3v) is 4.24. The molecule has 8 heteroatoms. The highest BCUT2D eigenvalue weighted by molar-refractivity contribution is 7.82. The lowest BCUT2D eigenvalue weighted by Crippen LogP contribution is -2.27. The van der Waals surface area contributed by atoms with Gasteiger partial charge >= 0.3 is 5.97 Å². The Bertz CT molecular complexity index is 779. The Morgan fingerprint density at radius 2 is 2.30 bits per heavy atom. The topological polar surface area (TPSA) is 80.7 Å². The second-order valence-corrected chi connectivity index (χ2v) is 5.68. The van der Waals surface area contributed by atoms with Gasteiger partial charge in [0, 0.05) is 5.56 Å². The van der Waals surface area contributed by atoms with Crippen molar-refractivity contribution in [1.29, 1.82) is 0 Å². The molecule has 0 spiro atoms. The molecule has 0 bridgehead atoms. The van der Waals surface area contributed by atoms with E-state index in [2.05, 4.69) is 18.8 Å². The number of nitrogens with one attached hydrogen (secondary N) is 1. The maximum atomic E-state index is 11.6. The average Bonchev–Trinajstić information content (AvgIpc) is 2.93. The monoisotopic (exact) mass is 307 g/mol. The predicted molar refractivity (Wildman–Crippen MR) is 77.5 cm³/mol. The van der Waals surface area contributed by atoms with E-state index in [1.807, 2.05) is 18.2 Å². The zero-order valence-corrected chi connectivity index (χ0v) is 12.0. The minimum absolute atomic E-state index is 0.125. The van der Waals surface area contributed by atoms with E-state index in [1.165, 1.54) is 24.5 Å². The summed E-state index contributed by atoms with van der Waals surface area (Å²) < 4.78 is 23.7. The summed E-state index contributed by atoms with van der Waals surface area (Å²) in [6, 6.07) is 5.59. The summed E-state index contributed by atoms with van der Waals surface area (Å²) in [5, 5.41) is 0. The van der Waals surface area contributed by atoms with Crippen LogP contribution in [0.15, 0.2) is 39.9 Å². The van der Waals surface area contributed by atoms with Crippen LogP contribution in [0, 0.1) is 0 Å². The predicted octanol–water partition coefficient (Wildman–Crippen LogP) is 1.32. The second kappa shape index (κ2) is 5.14. The molecule has 3 rings (SSSR count). The summed E-state index contributed by atoms with van der Waals surface area (Å²) in [5.74, 6) is -0.579. The molecule has 0 saturated carbocycles. The van der Waals surface area contributed by atoms with Crippen LogP contribution in [0.5, 0.6) is 0 Å². The summed E-state index contributed by atoms with van der Waals surface area (Å²) in [6.07, 6.45) is 1.52. The maximum Gasteiger partial charge on any atom is 0.355 e. The van der Waals surface area contributed by atoms with E-state index in [1.54, 1.807) is 5.51 Å². The smallest absolute Gasteiger partial charge is 0.355 e. The SMILES string of the molecule is COC(=O)C1=CC(c2ccc3ncsc3c2)=NS(=O)N1. The quantitative estimate of drug-likeness (QED) is 0.849. The number of fused-ring (bicyclic) bond motifs is 1. The van der Waals surface area contributed by atoms with Gasteiger partial charge in [-0.05, 0) is 18.2 Å². The third kappa shape index (κ3) is 2.35. The molecule has 0 radical (unpaired) electrons. The van der Waals surface area contributed by atoms with Gasteiger partial charge in [0.05, 0.1) is 28.5 Å². The molecule has 102 valence electrons. The van der Waals surface area contributed by atoms with Crippen molar-refractivity contribution in [1.82, 2.24) is 9.71 Å². The number of rotatable bonds is 2. The first-order valence-electron chi connectivity index (χ1n) is 5.58. The lowest BCUT2D eigenvalue weighted by Gasteiger charge is -2.12. The molecule has 1 aromatic carbocycles. The van der Waals surface area contributed by atoms with Crippen LogP contribution in [0.25, 0.3) is 10.2 Å². The van der Waals surface area contributed by atoms with Gasteiger partial charge < -0.3 is 4.74 Å². The molecule has 1 aliphatic rings. The van der Waals surface area contributed by atoms with E-state index in [4.69, 9.17) is 0 Å². The number of nitrogens with zero attached hydrogens (tertiary/aromatic N) is 2. The number of hydrogen-bond donors (Lipinski definition) is 1. The van der Waals surface area contributed by atoms with Crippen molar-refractivity contribution in [2.75, 3.05) is 7.11 Å². The summed E-state index contributed by atoms with van der Waals surface area (Å²) >= 11 is -0.183. The lowest BCUT2D eigenvalue weighted by molar-refractivity contribution is -0.136. The van der Waals surface area contributed by atoms with Gasteiger partial charge in [0.25, 0.3) is 0 Å². The largest absolute Gasteiger partial charge is 0.464 e. The Morgan fingerprint density at radius 3 is 3.10 bits per heavy atom. The van der Waals surface area contributed by atoms with Crippen molar-refractivity contribution in [2.45, 2.75) is 0 Å². The summed E-state index contributed by atoms with van der Waals surface area (Å²) in [6.45, 7) is 0. The molecular formula is C12H9N3O3S2. The van der Waals surface area contributed by atoms with Gasteiger partial charge in [0.2, 0.25) is 11.2 Å². The first-order valence-corrected chi connectivity index (χ1v) is 7.57. The molecule has 0 fully saturated rings. The number of methoxy groups -OCH3 is 1. The van der Waals surface area contributed by atoms with E-state index < -0.39 is 17.1 Å². The van der Waals surface area contributed by atoms with Crippen molar-refractivity contribution in [3.8, 4) is 0 Å². The molecular weight excluding hydrogens is 298 g/mol. The molecule has 1 N–H and O–H groups in total. The standard InChI is InChI=1S/C12H9N3O3S2/c1-18-12(16)10-5-9(14-20(17)15-10)7-2-3-8-11(4-7)19-6-13-8/h2-6,15H,1H3. The molecule has 0 amide bonds. The fourth-order valence-corrected chi connectivity index (χ4v) is 3.19. The van der Waals surface area contributed by atoms with Crippen molar-refractivity contribution < 1.29 is 13.7 Å². The van der Waals surface area contributed by atoms with Crippen molar-refractivity contribution in [3.05, 3.63) is 41.0 Å². The molecule has 0 aliphatic carbocycles. The van der Waals surface area contributed by atoms with Crippen molar-refractivity contribution in [2.24, 2.45) is 4.40 Å². The minimum Gasteiger partial charge on any atom is -0.464 e. The molecule has 1 aliphatic heterocycles. The summed E-state index contributed by atoms with van der Waals surface area (Å²) in [5.41, 5.74) is 4.02. The van der Waals surface area contributed by atoms with Crippen LogP contribution in [0.2, 0.25) is 0 Å². The van der Waals surface area contributed by atoms with Gasteiger partial charge in [0.1, 0.15) is 5.70 Å². The molecule has 20 heavy (non-hydrogen) atoms. The number of ether oxygens (including phenoxy) is 1. The third-order valence-electron chi connectivity index (χ3n) is 2.69. The van der Waals surface area contributed by atoms with Gasteiger partial charge in [-0.3, -0.25) is 4.72 Å². The first-order chi connectivity index (χ1) is 9.67. The van der Waals surface area contributed by atoms with Crippen LogP contribution in [0.3, 0.4) is 0 Å². The molecule has 1 unspecified atom stereocenters. The van der Waals surface area contributed by atoms with Gasteiger partial charge in [0.15, 0.2) is 0 Å². The zero-order valence-electron chi connectivity index (χ0n) is 10.3. The van der Waals surface area contributed by atoms with Gasteiger partial charge in [-0.1, -0.05) is 6.07 Å². The van der Waals surface area contributed by atoms with E-state index in [-0.39, 0.29) is 5.70 Å². The number of carbonyl (C=O) groups excluding carboxylic acids is 1. The van der Waals surface area contributed by atoms with Crippen LogP contribution >= 0.6 is 11.3 Å². The van der Waals surface area contributed by atoms with Crippen molar-refractivity contribution in [3.63, 3.8) is 0 Å². The highest BCUT2D eigenvalue weighted by Crippen LogP contribution is 2.21. The molecule has 2 heterocycles. The second-order valence-electron chi connectivity index (χ2n) is 3.91. The van der Waals surface area contributed by atoms with E-state index in [0.29, 0.717) is 5.71 Å². The Hall–Kier alpha value is -2.06. The van der Waals surface area contributed by atoms with Crippen LogP contribution < -0.4 is 4.72 Å². The summed E-state index contributed by atoms with van der Waals surface area (Å²) in [4.78, 5) is 15.7. The number of aromatic nitrogens is 1. The highest BCUT2D eigenvalue weighted by Gasteiger charge is 2.19. The number of benzene rings is 1. The number of thiazole rings is 1. The van der Waals surface area contributed by atoms with E-state index in [9.17, 15) is 9.00 Å². The fraction of sp³-hybridized carbons (Fsp3) is 0.0833. The van der Waals surface area contributed by atoms with Gasteiger partial charge in [-0.2, -0.15) is 4.40 Å². The van der Waals surface area contributed by atoms with Crippen LogP contribution in [-0.4, -0.2) is 28.0 Å². The Labute approximate surface area is 120 Å². The van der Waals surface area contributed by atoms with Gasteiger partial charge in [-0.25, -0.2) is 14.0 Å². The van der Waals surface area contributed by atoms with Crippen LogP contribution in [0.1, 0.15) is 5.56 Å². The number of esters is 1. The molecule has 2 aromatic rings.